The predicted molar refractivity (Wildman–Crippen MR) is 80.7 cm³/mol. The smallest absolute Gasteiger partial charge is 0.319 e. The minimum absolute atomic E-state index is 0.145. The summed E-state index contributed by atoms with van der Waals surface area (Å²) in [6.45, 7) is 8.96. The Hall–Kier alpha value is -1.55. The number of amides is 2. The zero-order valence-electron chi connectivity index (χ0n) is 12.1. The Labute approximate surface area is 116 Å². The minimum Gasteiger partial charge on any atom is -0.338 e. The molecule has 0 spiro atoms. The van der Waals surface area contributed by atoms with Gasteiger partial charge in [0.05, 0.1) is 0 Å². The summed E-state index contributed by atoms with van der Waals surface area (Å²) >= 11 is 0. The first kappa shape index (κ1) is 15.5. The first-order valence-electron chi connectivity index (χ1n) is 6.99. The van der Waals surface area contributed by atoms with Crippen molar-refractivity contribution in [2.24, 2.45) is 0 Å². The van der Waals surface area contributed by atoms with E-state index in [4.69, 9.17) is 0 Å². The monoisotopic (exact) mass is 263 g/mol. The zero-order chi connectivity index (χ0) is 14.1. The molecule has 0 bridgehead atoms. The first-order valence-corrected chi connectivity index (χ1v) is 6.99. The minimum atomic E-state index is -0.145. The van der Waals surface area contributed by atoms with Crippen LogP contribution in [0.2, 0.25) is 0 Å². The van der Waals surface area contributed by atoms with E-state index < -0.39 is 0 Å². The van der Waals surface area contributed by atoms with Crippen LogP contribution in [-0.4, -0.2) is 25.7 Å². The lowest BCUT2D eigenvalue weighted by molar-refractivity contribution is 0.252. The van der Waals surface area contributed by atoms with E-state index in [9.17, 15) is 4.79 Å². The lowest BCUT2D eigenvalue weighted by Crippen LogP contribution is -2.31. The van der Waals surface area contributed by atoms with Crippen molar-refractivity contribution in [3.8, 4) is 0 Å². The molecule has 1 aromatic carbocycles. The lowest BCUT2D eigenvalue weighted by atomic mass is 10.0. The van der Waals surface area contributed by atoms with Gasteiger partial charge in [-0.1, -0.05) is 32.9 Å². The third-order valence-corrected chi connectivity index (χ3v) is 2.90. The molecule has 0 aliphatic rings. The SMILES string of the molecule is CCNCCCNC(=O)Nc1ccc(C(C)C)cc1. The maximum atomic E-state index is 11.6. The molecule has 0 aromatic heterocycles. The fourth-order valence-electron chi connectivity index (χ4n) is 1.72. The molecule has 0 aliphatic heterocycles. The molecule has 2 amide bonds. The van der Waals surface area contributed by atoms with Crippen molar-refractivity contribution >= 4 is 11.7 Å². The van der Waals surface area contributed by atoms with Crippen molar-refractivity contribution in [2.45, 2.75) is 33.1 Å². The average molecular weight is 263 g/mol. The van der Waals surface area contributed by atoms with Gasteiger partial charge >= 0.3 is 6.03 Å². The van der Waals surface area contributed by atoms with Crippen molar-refractivity contribution < 1.29 is 4.79 Å². The Morgan fingerprint density at radius 3 is 2.42 bits per heavy atom. The molecular formula is C15H25N3O. The Bertz CT molecular complexity index is 373. The van der Waals surface area contributed by atoms with E-state index in [1.807, 2.05) is 24.3 Å². The fraction of sp³-hybridized carbons (Fsp3) is 0.533. The maximum Gasteiger partial charge on any atom is 0.319 e. The lowest BCUT2D eigenvalue weighted by Gasteiger charge is -2.09. The van der Waals surface area contributed by atoms with Crippen molar-refractivity contribution in [3.05, 3.63) is 29.8 Å². The zero-order valence-corrected chi connectivity index (χ0v) is 12.1. The van der Waals surface area contributed by atoms with Crippen LogP contribution in [0.5, 0.6) is 0 Å². The second-order valence-corrected chi connectivity index (χ2v) is 4.86. The summed E-state index contributed by atoms with van der Waals surface area (Å²) in [5.74, 6) is 0.508. The molecule has 4 heteroatoms. The van der Waals surface area contributed by atoms with Gasteiger partial charge in [0.25, 0.3) is 0 Å². The number of hydrogen-bond acceptors (Lipinski definition) is 2. The normalized spacial score (nSPS) is 10.5. The molecule has 0 aliphatic carbocycles. The summed E-state index contributed by atoms with van der Waals surface area (Å²) < 4.78 is 0. The molecule has 0 radical (unpaired) electrons. The van der Waals surface area contributed by atoms with Crippen LogP contribution in [0.25, 0.3) is 0 Å². The molecule has 0 saturated heterocycles. The number of urea groups is 1. The summed E-state index contributed by atoms with van der Waals surface area (Å²) in [5.41, 5.74) is 2.10. The molecule has 1 aromatic rings. The largest absolute Gasteiger partial charge is 0.338 e. The van der Waals surface area contributed by atoms with Gasteiger partial charge in [-0.15, -0.1) is 0 Å². The Morgan fingerprint density at radius 2 is 1.84 bits per heavy atom. The summed E-state index contributed by atoms with van der Waals surface area (Å²) in [4.78, 5) is 11.6. The second kappa shape index (κ2) is 8.53. The first-order chi connectivity index (χ1) is 9.13. The highest BCUT2D eigenvalue weighted by atomic mass is 16.2. The molecule has 3 N–H and O–H groups in total. The van der Waals surface area contributed by atoms with Crippen molar-refractivity contribution in [1.29, 1.82) is 0 Å². The Balaban J connectivity index is 2.28. The van der Waals surface area contributed by atoms with Gasteiger partial charge in [-0.05, 0) is 43.1 Å². The van der Waals surface area contributed by atoms with Crippen LogP contribution in [-0.2, 0) is 0 Å². The molecule has 1 rings (SSSR count). The van der Waals surface area contributed by atoms with Crippen LogP contribution in [0.3, 0.4) is 0 Å². The van der Waals surface area contributed by atoms with Gasteiger partial charge in [0.2, 0.25) is 0 Å². The summed E-state index contributed by atoms with van der Waals surface area (Å²) in [7, 11) is 0. The van der Waals surface area contributed by atoms with Crippen LogP contribution >= 0.6 is 0 Å². The molecule has 0 heterocycles. The number of carbonyl (C=O) groups is 1. The highest BCUT2D eigenvalue weighted by Crippen LogP contribution is 2.16. The van der Waals surface area contributed by atoms with E-state index in [0.29, 0.717) is 12.5 Å². The van der Waals surface area contributed by atoms with Gasteiger partial charge in [-0.25, -0.2) is 4.79 Å². The van der Waals surface area contributed by atoms with Gasteiger partial charge in [0, 0.05) is 12.2 Å². The molecule has 19 heavy (non-hydrogen) atoms. The number of carbonyl (C=O) groups excluding carboxylic acids is 1. The van der Waals surface area contributed by atoms with E-state index in [-0.39, 0.29) is 6.03 Å². The molecule has 0 atom stereocenters. The third kappa shape index (κ3) is 6.25. The quantitative estimate of drug-likeness (QED) is 0.662. The van der Waals surface area contributed by atoms with Gasteiger partial charge in [0.1, 0.15) is 0 Å². The predicted octanol–water partition coefficient (Wildman–Crippen LogP) is 2.93. The van der Waals surface area contributed by atoms with Gasteiger partial charge in [-0.3, -0.25) is 0 Å². The summed E-state index contributed by atoms with van der Waals surface area (Å²) in [6, 6.07) is 7.83. The van der Waals surface area contributed by atoms with E-state index in [1.165, 1.54) is 5.56 Å². The number of rotatable bonds is 7. The number of anilines is 1. The molecule has 0 unspecified atom stereocenters. The highest BCUT2D eigenvalue weighted by Gasteiger charge is 2.02. The van der Waals surface area contributed by atoms with Crippen LogP contribution in [0.4, 0.5) is 10.5 Å². The molecule has 0 saturated carbocycles. The number of nitrogens with one attached hydrogen (secondary N) is 3. The third-order valence-electron chi connectivity index (χ3n) is 2.90. The highest BCUT2D eigenvalue weighted by molar-refractivity contribution is 5.89. The maximum absolute atomic E-state index is 11.6. The van der Waals surface area contributed by atoms with E-state index in [1.54, 1.807) is 0 Å². The Morgan fingerprint density at radius 1 is 1.16 bits per heavy atom. The second-order valence-electron chi connectivity index (χ2n) is 4.86. The van der Waals surface area contributed by atoms with Crippen molar-refractivity contribution in [3.63, 3.8) is 0 Å². The topological polar surface area (TPSA) is 53.2 Å². The van der Waals surface area contributed by atoms with Crippen LogP contribution in [0, 0.1) is 0 Å². The van der Waals surface area contributed by atoms with E-state index in [2.05, 4.69) is 36.7 Å². The fourth-order valence-corrected chi connectivity index (χ4v) is 1.72. The Kier molecular flexibility index (Phi) is 6.97. The van der Waals surface area contributed by atoms with Gasteiger partial charge in [-0.2, -0.15) is 0 Å². The van der Waals surface area contributed by atoms with Crippen LogP contribution < -0.4 is 16.0 Å². The summed E-state index contributed by atoms with van der Waals surface area (Å²) in [5, 5.41) is 8.88. The molecule has 106 valence electrons. The summed E-state index contributed by atoms with van der Waals surface area (Å²) in [6.07, 6.45) is 0.938. The number of hydrogen-bond donors (Lipinski definition) is 3. The standard InChI is InChI=1S/C15H25N3O/c1-4-16-10-5-11-17-15(19)18-14-8-6-13(7-9-14)12(2)3/h6-9,12,16H,4-5,10-11H2,1-3H3,(H2,17,18,19). The van der Waals surface area contributed by atoms with Crippen LogP contribution in [0.15, 0.2) is 24.3 Å². The van der Waals surface area contributed by atoms with Crippen molar-refractivity contribution in [2.75, 3.05) is 25.0 Å². The molecule has 4 nitrogen and oxygen atoms in total. The average Bonchev–Trinajstić information content (AvgIpc) is 2.39. The molecule has 0 fully saturated rings. The number of benzene rings is 1. The van der Waals surface area contributed by atoms with E-state index >= 15 is 0 Å². The van der Waals surface area contributed by atoms with E-state index in [0.717, 1.165) is 25.2 Å². The van der Waals surface area contributed by atoms with Crippen molar-refractivity contribution in [1.82, 2.24) is 10.6 Å². The van der Waals surface area contributed by atoms with Crippen LogP contribution in [0.1, 0.15) is 38.7 Å². The van der Waals surface area contributed by atoms with Gasteiger partial charge < -0.3 is 16.0 Å². The van der Waals surface area contributed by atoms with Gasteiger partial charge in [0.15, 0.2) is 0 Å². The molecular weight excluding hydrogens is 238 g/mol.